The molecule has 0 bridgehead atoms. The van der Waals surface area contributed by atoms with Gasteiger partial charge in [0.2, 0.25) is 5.88 Å². The highest BCUT2D eigenvalue weighted by molar-refractivity contribution is 6.31. The fourth-order valence-corrected chi connectivity index (χ4v) is 3.81. The Hall–Kier alpha value is -3.29. The Labute approximate surface area is 194 Å². The van der Waals surface area contributed by atoms with Gasteiger partial charge in [0.25, 0.3) is 11.5 Å². The van der Waals surface area contributed by atoms with Crippen molar-refractivity contribution in [3.63, 3.8) is 0 Å². The minimum Gasteiger partial charge on any atom is -0.474 e. The molecule has 0 N–H and O–H groups in total. The molecular weight excluding hydrogens is 484 g/mol. The van der Waals surface area contributed by atoms with Gasteiger partial charge in [0.1, 0.15) is 24.0 Å². The smallest absolute Gasteiger partial charge is 0.339 e. The molecule has 1 saturated carbocycles. The van der Waals surface area contributed by atoms with Crippen LogP contribution in [0, 0.1) is 17.1 Å². The lowest BCUT2D eigenvalue weighted by Gasteiger charge is -2.35. The first-order chi connectivity index (χ1) is 15.6. The highest BCUT2D eigenvalue weighted by Gasteiger charge is 2.47. The van der Waals surface area contributed by atoms with Crippen molar-refractivity contribution in [1.82, 2.24) is 14.1 Å². The topological polar surface area (TPSA) is 89.9 Å². The van der Waals surface area contributed by atoms with Gasteiger partial charge in [-0.15, -0.1) is 0 Å². The number of alkyl halides is 2. The molecule has 1 aliphatic carbocycles. The fraction of sp³-hybridized carbons (Fsp3) is 0.238. The molecule has 0 saturated heterocycles. The van der Waals surface area contributed by atoms with Crippen molar-refractivity contribution in [3.8, 4) is 28.8 Å². The molecule has 0 spiro atoms. The molecule has 0 aliphatic heterocycles. The van der Waals surface area contributed by atoms with Crippen LogP contribution in [0.4, 0.5) is 13.2 Å². The molecule has 0 unspecified atom stereocenters. The Kier molecular flexibility index (Phi) is 5.95. The predicted octanol–water partition coefficient (Wildman–Crippen LogP) is 4.21. The zero-order valence-electron chi connectivity index (χ0n) is 16.6. The standard InChI is InChI=1S/C21H13Cl2F3N4O3/c22-12-6-13(10-28-9-12)30-18(31)17(11-1-2-16(24)15(23)5-11)19(29(4-3-27)20(30)32)33-14-7-21(25,26)8-14/h1-2,5-6,9-10,14H,4,7-8H2. The van der Waals surface area contributed by atoms with E-state index >= 15 is 0 Å². The van der Waals surface area contributed by atoms with Crippen molar-refractivity contribution >= 4 is 23.2 Å². The van der Waals surface area contributed by atoms with Crippen molar-refractivity contribution in [2.45, 2.75) is 31.4 Å². The first-order valence-corrected chi connectivity index (χ1v) is 10.2. The van der Waals surface area contributed by atoms with Crippen molar-refractivity contribution in [3.05, 3.63) is 73.4 Å². The zero-order chi connectivity index (χ0) is 23.9. The highest BCUT2D eigenvalue weighted by Crippen LogP contribution is 2.41. The van der Waals surface area contributed by atoms with Gasteiger partial charge in [-0.1, -0.05) is 29.3 Å². The third kappa shape index (κ3) is 4.34. The molecule has 7 nitrogen and oxygen atoms in total. The lowest BCUT2D eigenvalue weighted by Crippen LogP contribution is -2.46. The summed E-state index contributed by atoms with van der Waals surface area (Å²) in [5, 5.41) is 9.11. The summed E-state index contributed by atoms with van der Waals surface area (Å²) < 4.78 is 47.8. The molecule has 33 heavy (non-hydrogen) atoms. The maximum atomic E-state index is 13.8. The molecule has 170 valence electrons. The van der Waals surface area contributed by atoms with Crippen LogP contribution < -0.4 is 16.0 Å². The van der Waals surface area contributed by atoms with E-state index in [0.29, 0.717) is 4.57 Å². The van der Waals surface area contributed by atoms with Crippen LogP contribution in [0.1, 0.15) is 12.8 Å². The third-order valence-corrected chi connectivity index (χ3v) is 5.51. The zero-order valence-corrected chi connectivity index (χ0v) is 18.1. The molecule has 0 amide bonds. The van der Waals surface area contributed by atoms with E-state index in [9.17, 15) is 28.0 Å². The Morgan fingerprint density at radius 2 is 1.94 bits per heavy atom. The van der Waals surface area contributed by atoms with Gasteiger partial charge in [-0.3, -0.25) is 9.78 Å². The lowest BCUT2D eigenvalue weighted by atomic mass is 9.91. The normalized spacial score (nSPS) is 15.0. The van der Waals surface area contributed by atoms with Gasteiger partial charge < -0.3 is 4.74 Å². The van der Waals surface area contributed by atoms with Gasteiger partial charge in [-0.05, 0) is 23.8 Å². The van der Waals surface area contributed by atoms with Crippen LogP contribution in [0.2, 0.25) is 10.0 Å². The van der Waals surface area contributed by atoms with Gasteiger partial charge in [-0.2, -0.15) is 5.26 Å². The Balaban J connectivity index is 2.03. The van der Waals surface area contributed by atoms with Gasteiger partial charge in [0.05, 0.1) is 28.0 Å². The summed E-state index contributed by atoms with van der Waals surface area (Å²) in [5.74, 6) is -4.08. The van der Waals surface area contributed by atoms with Crippen molar-refractivity contribution in [2.75, 3.05) is 0 Å². The monoisotopic (exact) mass is 496 g/mol. The molecule has 12 heteroatoms. The van der Waals surface area contributed by atoms with Crippen LogP contribution in [0.3, 0.4) is 0 Å². The minimum absolute atomic E-state index is 0.000348. The second-order valence-corrected chi connectivity index (χ2v) is 8.19. The number of nitrogens with zero attached hydrogens (tertiary/aromatic N) is 4. The molecule has 1 fully saturated rings. The first kappa shape index (κ1) is 22.9. The maximum Gasteiger partial charge on any atom is 0.339 e. The molecule has 4 rings (SSSR count). The molecule has 0 radical (unpaired) electrons. The number of rotatable bonds is 5. The van der Waals surface area contributed by atoms with Gasteiger partial charge in [0, 0.05) is 19.0 Å². The van der Waals surface area contributed by atoms with Gasteiger partial charge in [0.15, 0.2) is 0 Å². The summed E-state index contributed by atoms with van der Waals surface area (Å²) in [6, 6.07) is 6.46. The van der Waals surface area contributed by atoms with E-state index in [1.807, 2.05) is 0 Å². The van der Waals surface area contributed by atoms with E-state index < -0.39 is 48.5 Å². The molecule has 3 aromatic rings. The number of ether oxygens (including phenoxy) is 1. The predicted molar refractivity (Wildman–Crippen MR) is 114 cm³/mol. The maximum absolute atomic E-state index is 13.8. The summed E-state index contributed by atoms with van der Waals surface area (Å²) >= 11 is 11.8. The Morgan fingerprint density at radius 3 is 2.55 bits per heavy atom. The second-order valence-electron chi connectivity index (χ2n) is 7.34. The summed E-state index contributed by atoms with van der Waals surface area (Å²) in [6.45, 7) is -0.562. The van der Waals surface area contributed by atoms with E-state index in [1.54, 1.807) is 6.07 Å². The van der Waals surface area contributed by atoms with Crippen LogP contribution >= 0.6 is 23.2 Å². The number of hydrogen-bond acceptors (Lipinski definition) is 5. The van der Waals surface area contributed by atoms with Crippen LogP contribution in [0.15, 0.2) is 46.2 Å². The van der Waals surface area contributed by atoms with Crippen molar-refractivity contribution in [2.24, 2.45) is 0 Å². The van der Waals surface area contributed by atoms with Crippen molar-refractivity contribution < 1.29 is 17.9 Å². The van der Waals surface area contributed by atoms with Crippen molar-refractivity contribution in [1.29, 1.82) is 5.26 Å². The summed E-state index contributed by atoms with van der Waals surface area (Å²) in [6.07, 6.45) is 0.248. The Morgan fingerprint density at radius 1 is 1.21 bits per heavy atom. The second kappa shape index (κ2) is 8.57. The first-order valence-electron chi connectivity index (χ1n) is 9.49. The molecule has 1 aliphatic rings. The number of benzene rings is 1. The number of hydrogen-bond donors (Lipinski definition) is 0. The molecule has 2 aromatic heterocycles. The molecule has 1 aromatic carbocycles. The van der Waals surface area contributed by atoms with Gasteiger partial charge >= 0.3 is 5.69 Å². The highest BCUT2D eigenvalue weighted by atomic mass is 35.5. The summed E-state index contributed by atoms with van der Waals surface area (Å²) in [4.78, 5) is 30.6. The van der Waals surface area contributed by atoms with E-state index in [0.717, 1.165) is 16.7 Å². The molecular formula is C21H13Cl2F3N4O3. The summed E-state index contributed by atoms with van der Waals surface area (Å²) in [7, 11) is 0. The van der Waals surface area contributed by atoms with E-state index in [1.165, 1.54) is 24.5 Å². The van der Waals surface area contributed by atoms with Crippen LogP contribution in [-0.4, -0.2) is 26.1 Å². The van der Waals surface area contributed by atoms with Crippen LogP contribution in [0.5, 0.6) is 5.88 Å². The lowest BCUT2D eigenvalue weighted by molar-refractivity contribution is -0.136. The van der Waals surface area contributed by atoms with E-state index in [-0.39, 0.29) is 32.7 Å². The number of halogens is 5. The Bertz CT molecular complexity index is 1410. The quantitative estimate of drug-likeness (QED) is 0.527. The van der Waals surface area contributed by atoms with Crippen LogP contribution in [-0.2, 0) is 6.54 Å². The number of aromatic nitrogens is 3. The summed E-state index contributed by atoms with van der Waals surface area (Å²) in [5.41, 5.74) is -2.09. The number of pyridine rings is 1. The third-order valence-electron chi connectivity index (χ3n) is 5.01. The van der Waals surface area contributed by atoms with Gasteiger partial charge in [-0.25, -0.2) is 27.1 Å². The SMILES string of the molecule is N#CCn1c(OC2CC(F)(F)C2)c(-c2ccc(F)c(Cl)c2)c(=O)n(-c2cncc(Cl)c2)c1=O. The van der Waals surface area contributed by atoms with E-state index in [4.69, 9.17) is 27.9 Å². The largest absolute Gasteiger partial charge is 0.474 e. The molecule has 2 heterocycles. The average molecular weight is 497 g/mol. The fourth-order valence-electron chi connectivity index (χ4n) is 3.46. The molecule has 0 atom stereocenters. The number of nitriles is 1. The average Bonchev–Trinajstić information content (AvgIpc) is 2.72. The minimum atomic E-state index is -2.94. The van der Waals surface area contributed by atoms with Crippen LogP contribution in [0.25, 0.3) is 16.8 Å². The van der Waals surface area contributed by atoms with E-state index in [2.05, 4.69) is 4.98 Å².